The Hall–Kier alpha value is -2.62. The zero-order valence-corrected chi connectivity index (χ0v) is 14.4. The molecule has 6 nitrogen and oxygen atoms in total. The Bertz CT molecular complexity index is 640. The molecule has 2 atom stereocenters. The summed E-state index contributed by atoms with van der Waals surface area (Å²) in [7, 11) is 0. The standard InChI is InChI=1S/C17H21N3O3.C2H4/c1-11(18)15(17(22)20-23)19-16(21)14-9-7-13(8-10-14)4-2-3-12-5-6-12;1-2/h7-12,15,23H,3,5-6,18H2,1H3,(H,19,21)(H,20,22);1-2H2/t11-,15+;/m1./s1. The lowest BCUT2D eigenvalue weighted by Crippen LogP contribution is -2.54. The van der Waals surface area contributed by atoms with Crippen molar-refractivity contribution in [3.05, 3.63) is 48.6 Å². The van der Waals surface area contributed by atoms with E-state index in [1.807, 2.05) is 0 Å². The predicted octanol–water partition coefficient (Wildman–Crippen LogP) is 1.59. The average Bonchev–Trinajstić information content (AvgIpc) is 3.45. The van der Waals surface area contributed by atoms with Crippen LogP contribution >= 0.6 is 0 Å². The molecule has 0 heterocycles. The van der Waals surface area contributed by atoms with Gasteiger partial charge in [-0.15, -0.1) is 13.2 Å². The first kappa shape index (κ1) is 20.4. The maximum absolute atomic E-state index is 12.1. The predicted molar refractivity (Wildman–Crippen MR) is 96.7 cm³/mol. The van der Waals surface area contributed by atoms with Crippen LogP contribution in [-0.4, -0.2) is 29.1 Å². The third-order valence-electron chi connectivity index (χ3n) is 3.67. The van der Waals surface area contributed by atoms with Crippen LogP contribution in [0.2, 0.25) is 0 Å². The van der Waals surface area contributed by atoms with Gasteiger partial charge in [0, 0.05) is 23.6 Å². The van der Waals surface area contributed by atoms with Gasteiger partial charge in [-0.25, -0.2) is 5.48 Å². The number of hydroxylamine groups is 1. The summed E-state index contributed by atoms with van der Waals surface area (Å²) < 4.78 is 0. The van der Waals surface area contributed by atoms with Crippen molar-refractivity contribution in [3.63, 3.8) is 0 Å². The molecule has 0 saturated heterocycles. The number of carbonyl (C=O) groups is 2. The number of nitrogens with two attached hydrogens (primary N) is 1. The molecule has 5 N–H and O–H groups in total. The Morgan fingerprint density at radius 3 is 2.40 bits per heavy atom. The molecule has 2 amide bonds. The SMILES string of the molecule is C=C.C[C@@H](N)[C@H](NC(=O)c1ccc(C#CCC2CC2)cc1)C(=O)NO. The average molecular weight is 343 g/mol. The molecule has 0 spiro atoms. The lowest BCUT2D eigenvalue weighted by molar-refractivity contribution is -0.131. The Balaban J connectivity index is 0.00000151. The van der Waals surface area contributed by atoms with Gasteiger partial charge in [0.1, 0.15) is 6.04 Å². The van der Waals surface area contributed by atoms with Gasteiger partial charge in [-0.2, -0.15) is 0 Å². The van der Waals surface area contributed by atoms with Gasteiger partial charge in [-0.05, 0) is 49.9 Å². The molecule has 1 aromatic rings. The highest BCUT2D eigenvalue weighted by molar-refractivity contribution is 5.97. The minimum absolute atomic E-state index is 0.397. The zero-order chi connectivity index (χ0) is 18.8. The second-order valence-corrected chi connectivity index (χ2v) is 5.81. The van der Waals surface area contributed by atoms with E-state index in [1.165, 1.54) is 18.3 Å². The lowest BCUT2D eigenvalue weighted by atomic mass is 10.1. The number of amides is 2. The van der Waals surface area contributed by atoms with Crippen molar-refractivity contribution in [2.24, 2.45) is 11.7 Å². The van der Waals surface area contributed by atoms with Crippen molar-refractivity contribution in [1.29, 1.82) is 0 Å². The topological polar surface area (TPSA) is 104 Å². The number of carbonyl (C=O) groups excluding carboxylic acids is 2. The van der Waals surface area contributed by atoms with Crippen LogP contribution in [0, 0.1) is 17.8 Å². The van der Waals surface area contributed by atoms with Gasteiger partial charge in [-0.1, -0.05) is 11.8 Å². The Morgan fingerprint density at radius 1 is 1.32 bits per heavy atom. The second-order valence-electron chi connectivity index (χ2n) is 5.81. The molecule has 0 radical (unpaired) electrons. The summed E-state index contributed by atoms with van der Waals surface area (Å²) in [6, 6.07) is 5.17. The molecule has 1 saturated carbocycles. The first-order chi connectivity index (χ1) is 12.0. The van der Waals surface area contributed by atoms with Crippen LogP contribution in [0.1, 0.15) is 42.1 Å². The molecular weight excluding hydrogens is 318 g/mol. The maximum atomic E-state index is 12.1. The van der Waals surface area contributed by atoms with Crippen molar-refractivity contribution < 1.29 is 14.8 Å². The van der Waals surface area contributed by atoms with E-state index in [0.29, 0.717) is 5.56 Å². The summed E-state index contributed by atoms with van der Waals surface area (Å²) in [5.41, 5.74) is 8.38. The molecule has 1 aliphatic carbocycles. The molecule has 6 heteroatoms. The molecular formula is C19H25N3O3. The van der Waals surface area contributed by atoms with Crippen LogP contribution < -0.4 is 16.5 Å². The van der Waals surface area contributed by atoms with Crippen LogP contribution in [0.15, 0.2) is 37.4 Å². The van der Waals surface area contributed by atoms with Crippen molar-refractivity contribution >= 4 is 11.8 Å². The van der Waals surface area contributed by atoms with Gasteiger partial charge in [0.25, 0.3) is 11.8 Å². The van der Waals surface area contributed by atoms with E-state index in [4.69, 9.17) is 10.9 Å². The fourth-order valence-corrected chi connectivity index (χ4v) is 2.05. The van der Waals surface area contributed by atoms with E-state index in [1.54, 1.807) is 31.2 Å². The van der Waals surface area contributed by atoms with Crippen LogP contribution in [0.5, 0.6) is 0 Å². The van der Waals surface area contributed by atoms with Gasteiger partial charge in [0.2, 0.25) is 0 Å². The van der Waals surface area contributed by atoms with Gasteiger partial charge in [0.05, 0.1) is 0 Å². The van der Waals surface area contributed by atoms with Gasteiger partial charge < -0.3 is 11.1 Å². The van der Waals surface area contributed by atoms with Gasteiger partial charge in [0.15, 0.2) is 0 Å². The zero-order valence-electron chi connectivity index (χ0n) is 14.4. The van der Waals surface area contributed by atoms with Crippen molar-refractivity contribution in [2.45, 2.75) is 38.3 Å². The minimum Gasteiger partial charge on any atom is -0.339 e. The summed E-state index contributed by atoms with van der Waals surface area (Å²) in [5.74, 6) is 5.78. The fourth-order valence-electron chi connectivity index (χ4n) is 2.05. The molecule has 1 aliphatic rings. The highest BCUT2D eigenvalue weighted by Gasteiger charge is 2.24. The molecule has 0 aromatic heterocycles. The number of hydrogen-bond acceptors (Lipinski definition) is 4. The van der Waals surface area contributed by atoms with E-state index in [0.717, 1.165) is 17.9 Å². The second kappa shape index (κ2) is 10.3. The van der Waals surface area contributed by atoms with Gasteiger partial charge in [-0.3, -0.25) is 14.8 Å². The quantitative estimate of drug-likeness (QED) is 0.282. The summed E-state index contributed by atoms with van der Waals surface area (Å²) in [5, 5.41) is 11.2. The highest BCUT2D eigenvalue weighted by Crippen LogP contribution is 2.31. The summed E-state index contributed by atoms with van der Waals surface area (Å²) in [4.78, 5) is 23.6. The molecule has 0 unspecified atom stereocenters. The monoisotopic (exact) mass is 343 g/mol. The minimum atomic E-state index is -1.01. The normalized spacial score (nSPS) is 14.7. The van der Waals surface area contributed by atoms with Crippen LogP contribution in [0.3, 0.4) is 0 Å². The lowest BCUT2D eigenvalue weighted by Gasteiger charge is -2.20. The molecule has 2 rings (SSSR count). The van der Waals surface area contributed by atoms with Crippen LogP contribution in [-0.2, 0) is 4.79 Å². The number of benzene rings is 1. The molecule has 134 valence electrons. The third kappa shape index (κ3) is 6.79. The van der Waals surface area contributed by atoms with E-state index >= 15 is 0 Å². The highest BCUT2D eigenvalue weighted by atomic mass is 16.5. The first-order valence-electron chi connectivity index (χ1n) is 8.10. The van der Waals surface area contributed by atoms with Crippen LogP contribution in [0.4, 0.5) is 0 Å². The smallest absolute Gasteiger partial charge is 0.267 e. The Labute approximate surface area is 148 Å². The molecule has 0 aliphatic heterocycles. The number of nitrogens with one attached hydrogen (secondary N) is 2. The molecule has 1 fully saturated rings. The molecule has 1 aromatic carbocycles. The number of hydrogen-bond donors (Lipinski definition) is 4. The van der Waals surface area contributed by atoms with Crippen molar-refractivity contribution in [3.8, 4) is 11.8 Å². The van der Waals surface area contributed by atoms with Crippen molar-refractivity contribution in [2.75, 3.05) is 0 Å². The Kier molecular flexibility index (Phi) is 8.40. The first-order valence-corrected chi connectivity index (χ1v) is 8.10. The summed E-state index contributed by atoms with van der Waals surface area (Å²) in [6.45, 7) is 7.57. The molecule has 0 bridgehead atoms. The third-order valence-corrected chi connectivity index (χ3v) is 3.67. The summed E-state index contributed by atoms with van der Waals surface area (Å²) in [6.07, 6.45) is 3.47. The maximum Gasteiger partial charge on any atom is 0.267 e. The van der Waals surface area contributed by atoms with Gasteiger partial charge >= 0.3 is 0 Å². The van der Waals surface area contributed by atoms with Crippen LogP contribution in [0.25, 0.3) is 0 Å². The van der Waals surface area contributed by atoms with E-state index in [-0.39, 0.29) is 0 Å². The van der Waals surface area contributed by atoms with Crippen molar-refractivity contribution in [1.82, 2.24) is 10.8 Å². The van der Waals surface area contributed by atoms with E-state index < -0.39 is 23.9 Å². The molecule has 25 heavy (non-hydrogen) atoms. The van der Waals surface area contributed by atoms with E-state index in [9.17, 15) is 9.59 Å². The largest absolute Gasteiger partial charge is 0.339 e. The summed E-state index contributed by atoms with van der Waals surface area (Å²) >= 11 is 0. The Morgan fingerprint density at radius 2 is 1.92 bits per heavy atom. The number of rotatable bonds is 5. The fraction of sp³-hybridized carbons (Fsp3) is 0.368. The van der Waals surface area contributed by atoms with E-state index in [2.05, 4.69) is 30.3 Å².